The van der Waals surface area contributed by atoms with E-state index in [-0.39, 0.29) is 13.2 Å². The summed E-state index contributed by atoms with van der Waals surface area (Å²) < 4.78 is 0. The van der Waals surface area contributed by atoms with Gasteiger partial charge in [0.2, 0.25) is 0 Å². The summed E-state index contributed by atoms with van der Waals surface area (Å²) in [5.74, 6) is 4.66. The van der Waals surface area contributed by atoms with Crippen molar-refractivity contribution in [3.8, 4) is 11.8 Å². The Morgan fingerprint density at radius 2 is 1.79 bits per heavy atom. The number of carbonyl (C=O) groups excluding carboxylic acids is 2. The van der Waals surface area contributed by atoms with E-state index in [2.05, 4.69) is 17.2 Å². The first-order valence-corrected chi connectivity index (χ1v) is 8.50. The van der Waals surface area contributed by atoms with Crippen molar-refractivity contribution in [2.24, 2.45) is 5.73 Å². The molecule has 0 fully saturated rings. The van der Waals surface area contributed by atoms with E-state index in [1.54, 1.807) is 36.4 Å². The normalized spacial score (nSPS) is 11.4. The van der Waals surface area contributed by atoms with Crippen molar-refractivity contribution in [1.82, 2.24) is 10.8 Å². The molecule has 7 nitrogen and oxygen atoms in total. The quantitative estimate of drug-likeness (QED) is 0.289. The standard InChI is InChI=1S/C21H21N3O4/c22-13-19(21(27)24-28)23-20(26)18-11-9-16(10-12-18)4-2-1-3-15-5-7-17(14-25)8-6-15/h2,4-12,19,25,28H,13-14,22H2,(H,23,26)(H,24,27)/t19-/m0/s1. The Labute approximate surface area is 162 Å². The summed E-state index contributed by atoms with van der Waals surface area (Å²) in [4.78, 5) is 23.5. The van der Waals surface area contributed by atoms with E-state index in [4.69, 9.17) is 16.0 Å². The van der Waals surface area contributed by atoms with Crippen molar-refractivity contribution in [3.63, 3.8) is 0 Å². The molecule has 0 saturated heterocycles. The topological polar surface area (TPSA) is 125 Å². The monoisotopic (exact) mass is 379 g/mol. The summed E-state index contributed by atoms with van der Waals surface area (Å²) in [5.41, 5.74) is 9.75. The first-order chi connectivity index (χ1) is 13.6. The van der Waals surface area contributed by atoms with E-state index in [1.807, 2.05) is 24.3 Å². The van der Waals surface area contributed by atoms with Gasteiger partial charge in [0.1, 0.15) is 6.04 Å². The average Bonchev–Trinajstić information content (AvgIpc) is 2.75. The Kier molecular flexibility index (Phi) is 7.93. The molecule has 2 aromatic carbocycles. The lowest BCUT2D eigenvalue weighted by Crippen LogP contribution is -2.50. The zero-order valence-electron chi connectivity index (χ0n) is 15.1. The average molecular weight is 379 g/mol. The molecule has 0 aliphatic rings. The number of carbonyl (C=O) groups is 2. The Morgan fingerprint density at radius 3 is 2.36 bits per heavy atom. The Hall–Kier alpha value is -3.44. The van der Waals surface area contributed by atoms with Gasteiger partial charge in [0.15, 0.2) is 0 Å². The zero-order chi connectivity index (χ0) is 20.4. The molecule has 0 aliphatic carbocycles. The fourth-order valence-corrected chi connectivity index (χ4v) is 2.25. The van der Waals surface area contributed by atoms with Crippen LogP contribution in [-0.4, -0.2) is 34.7 Å². The van der Waals surface area contributed by atoms with Crippen molar-refractivity contribution < 1.29 is 19.9 Å². The molecule has 0 unspecified atom stereocenters. The summed E-state index contributed by atoms with van der Waals surface area (Å²) in [6.45, 7) is -0.135. The fourth-order valence-electron chi connectivity index (χ4n) is 2.25. The number of benzene rings is 2. The molecule has 0 saturated carbocycles. The highest BCUT2D eigenvalue weighted by Gasteiger charge is 2.19. The highest BCUT2D eigenvalue weighted by molar-refractivity contribution is 5.97. The van der Waals surface area contributed by atoms with Crippen molar-refractivity contribution >= 4 is 17.9 Å². The molecule has 6 N–H and O–H groups in total. The van der Waals surface area contributed by atoms with Crippen molar-refractivity contribution in [1.29, 1.82) is 0 Å². The molecule has 0 heterocycles. The molecule has 2 aromatic rings. The second-order valence-electron chi connectivity index (χ2n) is 5.82. The summed E-state index contributed by atoms with van der Waals surface area (Å²) in [6.07, 6.45) is 3.50. The van der Waals surface area contributed by atoms with Gasteiger partial charge < -0.3 is 16.2 Å². The van der Waals surface area contributed by atoms with Crippen LogP contribution in [0.25, 0.3) is 6.08 Å². The summed E-state index contributed by atoms with van der Waals surface area (Å²) in [6, 6.07) is 13.0. The molecular weight excluding hydrogens is 358 g/mol. The maximum Gasteiger partial charge on any atom is 0.267 e. The minimum atomic E-state index is -1.02. The van der Waals surface area contributed by atoms with Crippen molar-refractivity contribution in [2.75, 3.05) is 6.54 Å². The van der Waals surface area contributed by atoms with Crippen LogP contribution in [-0.2, 0) is 11.4 Å². The van der Waals surface area contributed by atoms with Crippen molar-refractivity contribution in [2.45, 2.75) is 12.6 Å². The van der Waals surface area contributed by atoms with Crippen LogP contribution < -0.4 is 16.5 Å². The Bertz CT molecular complexity index is 894. The molecular formula is C21H21N3O4. The minimum absolute atomic E-state index is 0.00311. The van der Waals surface area contributed by atoms with Gasteiger partial charge in [-0.25, -0.2) is 5.48 Å². The number of hydrogen-bond donors (Lipinski definition) is 5. The van der Waals surface area contributed by atoms with Gasteiger partial charge >= 0.3 is 0 Å². The SMILES string of the molecule is NC[C@H](NC(=O)c1ccc(C=CC#Cc2ccc(CO)cc2)cc1)C(=O)NO. The molecule has 0 aliphatic heterocycles. The van der Waals surface area contributed by atoms with E-state index in [0.717, 1.165) is 16.7 Å². The van der Waals surface area contributed by atoms with Gasteiger partial charge in [-0.2, -0.15) is 0 Å². The van der Waals surface area contributed by atoms with E-state index in [1.165, 1.54) is 5.48 Å². The number of allylic oxidation sites excluding steroid dienone is 1. The molecule has 2 rings (SSSR count). The number of nitrogens with one attached hydrogen (secondary N) is 2. The molecule has 0 bridgehead atoms. The molecule has 7 heteroatoms. The van der Waals surface area contributed by atoms with E-state index < -0.39 is 17.9 Å². The summed E-state index contributed by atoms with van der Waals surface area (Å²) in [5, 5.41) is 20.1. The number of rotatable bonds is 6. The van der Waals surface area contributed by atoms with Crippen LogP contribution in [0.5, 0.6) is 0 Å². The number of aliphatic hydroxyl groups excluding tert-OH is 1. The van der Waals surface area contributed by atoms with Crippen LogP contribution >= 0.6 is 0 Å². The number of nitrogens with two attached hydrogens (primary N) is 1. The smallest absolute Gasteiger partial charge is 0.267 e. The fraction of sp³-hybridized carbons (Fsp3) is 0.143. The zero-order valence-corrected chi connectivity index (χ0v) is 15.1. The third-order valence-electron chi connectivity index (χ3n) is 3.85. The highest BCUT2D eigenvalue weighted by Crippen LogP contribution is 2.07. The summed E-state index contributed by atoms with van der Waals surface area (Å²) >= 11 is 0. The van der Waals surface area contributed by atoms with Gasteiger partial charge in [0.05, 0.1) is 6.61 Å². The van der Waals surface area contributed by atoms with Gasteiger partial charge in [0.25, 0.3) is 11.8 Å². The van der Waals surface area contributed by atoms with Gasteiger partial charge in [-0.15, -0.1) is 0 Å². The maximum absolute atomic E-state index is 12.1. The van der Waals surface area contributed by atoms with Crippen LogP contribution in [0.15, 0.2) is 54.6 Å². The lowest BCUT2D eigenvalue weighted by atomic mass is 10.1. The molecule has 0 radical (unpaired) electrons. The predicted octanol–water partition coefficient (Wildman–Crippen LogP) is 0.806. The van der Waals surface area contributed by atoms with Crippen LogP contribution in [0.4, 0.5) is 0 Å². The number of aliphatic hydroxyl groups is 1. The maximum atomic E-state index is 12.1. The Morgan fingerprint density at radius 1 is 1.11 bits per heavy atom. The van der Waals surface area contributed by atoms with Gasteiger partial charge in [-0.1, -0.05) is 36.1 Å². The third-order valence-corrected chi connectivity index (χ3v) is 3.85. The number of hydroxylamine groups is 1. The first-order valence-electron chi connectivity index (χ1n) is 8.50. The summed E-state index contributed by atoms with van der Waals surface area (Å²) in [7, 11) is 0. The predicted molar refractivity (Wildman–Crippen MR) is 105 cm³/mol. The van der Waals surface area contributed by atoms with Gasteiger partial charge in [0, 0.05) is 17.7 Å². The highest BCUT2D eigenvalue weighted by atomic mass is 16.5. The number of amides is 2. The second kappa shape index (κ2) is 10.6. The van der Waals surface area contributed by atoms with E-state index in [0.29, 0.717) is 5.56 Å². The molecule has 0 spiro atoms. The first kappa shape index (κ1) is 20.9. The van der Waals surface area contributed by atoms with Crippen LogP contribution in [0.1, 0.15) is 27.0 Å². The number of hydrogen-bond acceptors (Lipinski definition) is 5. The van der Waals surface area contributed by atoms with Gasteiger partial charge in [-0.3, -0.25) is 14.8 Å². The van der Waals surface area contributed by atoms with Crippen LogP contribution in [0, 0.1) is 11.8 Å². The molecule has 0 aromatic heterocycles. The molecule has 28 heavy (non-hydrogen) atoms. The van der Waals surface area contributed by atoms with Crippen LogP contribution in [0.2, 0.25) is 0 Å². The Balaban J connectivity index is 1.96. The lowest BCUT2D eigenvalue weighted by Gasteiger charge is -2.14. The third kappa shape index (κ3) is 6.07. The van der Waals surface area contributed by atoms with E-state index >= 15 is 0 Å². The van der Waals surface area contributed by atoms with Crippen molar-refractivity contribution in [3.05, 3.63) is 76.9 Å². The molecule has 144 valence electrons. The lowest BCUT2D eigenvalue weighted by molar-refractivity contribution is -0.130. The van der Waals surface area contributed by atoms with Gasteiger partial charge in [-0.05, 0) is 47.5 Å². The largest absolute Gasteiger partial charge is 0.392 e. The second-order valence-corrected chi connectivity index (χ2v) is 5.82. The van der Waals surface area contributed by atoms with E-state index in [9.17, 15) is 9.59 Å². The van der Waals surface area contributed by atoms with Crippen LogP contribution in [0.3, 0.4) is 0 Å². The minimum Gasteiger partial charge on any atom is -0.392 e. The molecule has 2 amide bonds. The molecule has 1 atom stereocenters.